The fourth-order valence-corrected chi connectivity index (χ4v) is 3.82. The fourth-order valence-electron chi connectivity index (χ4n) is 3.82. The lowest BCUT2D eigenvalue weighted by molar-refractivity contribution is -0.130. The van der Waals surface area contributed by atoms with Crippen LogP contribution < -0.4 is 5.32 Å². The van der Waals surface area contributed by atoms with E-state index in [-0.39, 0.29) is 35.3 Å². The van der Waals surface area contributed by atoms with E-state index in [4.69, 9.17) is 4.52 Å². The lowest BCUT2D eigenvalue weighted by Crippen LogP contribution is -2.62. The molecule has 1 saturated heterocycles. The van der Waals surface area contributed by atoms with Crippen LogP contribution in [-0.2, 0) is 4.79 Å². The van der Waals surface area contributed by atoms with Crippen LogP contribution in [0.4, 0.5) is 4.39 Å². The summed E-state index contributed by atoms with van der Waals surface area (Å²) < 4.78 is 18.4. The highest BCUT2D eigenvalue weighted by Gasteiger charge is 2.39. The number of nitrogens with one attached hydrogen (secondary N) is 1. The van der Waals surface area contributed by atoms with E-state index in [1.54, 1.807) is 17.0 Å². The Morgan fingerprint density at radius 2 is 1.86 bits per heavy atom. The molecule has 0 saturated carbocycles. The van der Waals surface area contributed by atoms with E-state index in [0.29, 0.717) is 30.0 Å². The first-order valence-corrected chi connectivity index (χ1v) is 10.1. The van der Waals surface area contributed by atoms with Crippen LogP contribution in [0.2, 0.25) is 0 Å². The van der Waals surface area contributed by atoms with Gasteiger partial charge >= 0.3 is 0 Å². The van der Waals surface area contributed by atoms with E-state index < -0.39 is 6.04 Å². The Hall–Kier alpha value is -2.70. The van der Waals surface area contributed by atoms with Crippen LogP contribution in [0.1, 0.15) is 51.0 Å². The standard InChI is InChI=1S/C22H28FN3O3/c1-13(2)9-17-11-26(19(10-14(3)4)21(27)24-17)22(28)20-18(12-29-25-20)15-5-7-16(23)8-6-15/h5-8,12-14,17,19H,9-11H2,1-4H3,(H,24,27)/t17-,19-/m0/s1. The minimum atomic E-state index is -0.552. The van der Waals surface area contributed by atoms with E-state index in [0.717, 1.165) is 6.42 Å². The van der Waals surface area contributed by atoms with Gasteiger partial charge in [-0.3, -0.25) is 9.59 Å². The van der Waals surface area contributed by atoms with Crippen molar-refractivity contribution in [2.45, 2.75) is 52.6 Å². The predicted molar refractivity (Wildman–Crippen MR) is 108 cm³/mol. The Kier molecular flexibility index (Phi) is 6.35. The van der Waals surface area contributed by atoms with Gasteiger partial charge in [-0.15, -0.1) is 0 Å². The van der Waals surface area contributed by atoms with Crippen LogP contribution in [0.25, 0.3) is 11.1 Å². The van der Waals surface area contributed by atoms with E-state index in [2.05, 4.69) is 24.3 Å². The van der Waals surface area contributed by atoms with E-state index >= 15 is 0 Å². The largest absolute Gasteiger partial charge is 0.363 e. The van der Waals surface area contributed by atoms with Crippen LogP contribution in [0.15, 0.2) is 35.1 Å². The molecule has 0 spiro atoms. The van der Waals surface area contributed by atoms with Crippen molar-refractivity contribution >= 4 is 11.8 Å². The van der Waals surface area contributed by atoms with Crippen LogP contribution in [-0.4, -0.2) is 40.5 Å². The molecule has 2 amide bonds. The smallest absolute Gasteiger partial charge is 0.277 e. The SMILES string of the molecule is CC(C)C[C@H]1CN(C(=O)c2nocc2-c2ccc(F)cc2)[C@@H](CC(C)C)C(=O)N1. The number of rotatable bonds is 6. The number of benzene rings is 1. The normalized spacial score (nSPS) is 19.7. The quantitative estimate of drug-likeness (QED) is 0.797. The third-order valence-electron chi connectivity index (χ3n) is 5.08. The number of aromatic nitrogens is 1. The van der Waals surface area contributed by atoms with Gasteiger partial charge in [0.1, 0.15) is 18.1 Å². The second kappa shape index (κ2) is 8.76. The van der Waals surface area contributed by atoms with Gasteiger partial charge in [-0.2, -0.15) is 0 Å². The molecule has 1 aliphatic rings. The molecule has 0 radical (unpaired) electrons. The number of hydrogen-bond donors (Lipinski definition) is 1. The number of piperazine rings is 1. The van der Waals surface area contributed by atoms with Gasteiger partial charge in [-0.25, -0.2) is 4.39 Å². The molecular formula is C22H28FN3O3. The van der Waals surface area contributed by atoms with Crippen LogP contribution >= 0.6 is 0 Å². The zero-order valence-corrected chi connectivity index (χ0v) is 17.3. The average molecular weight is 401 g/mol. The second-order valence-electron chi connectivity index (χ2n) is 8.52. The van der Waals surface area contributed by atoms with Crippen molar-refractivity contribution in [3.05, 3.63) is 42.0 Å². The Labute approximate surface area is 170 Å². The van der Waals surface area contributed by atoms with Gasteiger partial charge in [0, 0.05) is 12.6 Å². The first kappa shape index (κ1) is 21.0. The maximum atomic E-state index is 13.4. The molecule has 2 atom stereocenters. The molecule has 0 bridgehead atoms. The van der Waals surface area contributed by atoms with Crippen molar-refractivity contribution < 1.29 is 18.5 Å². The third kappa shape index (κ3) is 4.83. The predicted octanol–water partition coefficient (Wildman–Crippen LogP) is 3.88. The summed E-state index contributed by atoms with van der Waals surface area (Å²) in [6.45, 7) is 8.65. The van der Waals surface area contributed by atoms with Gasteiger partial charge in [0.15, 0.2) is 5.69 Å². The summed E-state index contributed by atoms with van der Waals surface area (Å²) in [4.78, 5) is 27.9. The van der Waals surface area contributed by atoms with E-state index in [1.165, 1.54) is 18.4 Å². The van der Waals surface area contributed by atoms with Crippen molar-refractivity contribution in [3.63, 3.8) is 0 Å². The van der Waals surface area contributed by atoms with Crippen molar-refractivity contribution in [1.82, 2.24) is 15.4 Å². The van der Waals surface area contributed by atoms with Crippen molar-refractivity contribution in [2.75, 3.05) is 6.54 Å². The van der Waals surface area contributed by atoms with E-state index in [1.807, 2.05) is 13.8 Å². The summed E-state index contributed by atoms with van der Waals surface area (Å²) >= 11 is 0. The van der Waals surface area contributed by atoms with Crippen LogP contribution in [0.3, 0.4) is 0 Å². The molecule has 29 heavy (non-hydrogen) atoms. The topological polar surface area (TPSA) is 75.4 Å². The summed E-state index contributed by atoms with van der Waals surface area (Å²) in [5.41, 5.74) is 1.27. The molecule has 1 N–H and O–H groups in total. The molecule has 2 heterocycles. The second-order valence-corrected chi connectivity index (χ2v) is 8.52. The number of carbonyl (C=O) groups is 2. The first-order chi connectivity index (χ1) is 13.8. The van der Waals surface area contributed by atoms with E-state index in [9.17, 15) is 14.0 Å². The highest BCUT2D eigenvalue weighted by molar-refractivity contribution is 6.01. The first-order valence-electron chi connectivity index (χ1n) is 10.1. The molecule has 156 valence electrons. The number of halogens is 1. The lowest BCUT2D eigenvalue weighted by atomic mass is 9.94. The highest BCUT2D eigenvalue weighted by atomic mass is 19.1. The molecule has 1 aromatic heterocycles. The molecule has 6 nitrogen and oxygen atoms in total. The number of hydrogen-bond acceptors (Lipinski definition) is 4. The zero-order chi connectivity index (χ0) is 21.1. The summed E-state index contributed by atoms with van der Waals surface area (Å²) in [5.74, 6) is -0.195. The van der Waals surface area contributed by atoms with Gasteiger partial charge in [-0.05, 0) is 42.4 Å². The van der Waals surface area contributed by atoms with Gasteiger partial charge in [0.25, 0.3) is 5.91 Å². The molecule has 0 unspecified atom stereocenters. The molecule has 0 aliphatic carbocycles. The Bertz CT molecular complexity index is 860. The molecule has 2 aromatic rings. The average Bonchev–Trinajstić information content (AvgIpc) is 3.12. The molecule has 7 heteroatoms. The lowest BCUT2D eigenvalue weighted by Gasteiger charge is -2.40. The fraction of sp³-hybridized carbons (Fsp3) is 0.500. The number of amides is 2. The minimum Gasteiger partial charge on any atom is -0.363 e. The minimum absolute atomic E-state index is 0.101. The summed E-state index contributed by atoms with van der Waals surface area (Å²) in [5, 5.41) is 6.99. The maximum absolute atomic E-state index is 13.4. The summed E-state index contributed by atoms with van der Waals surface area (Å²) in [6.07, 6.45) is 2.73. The summed E-state index contributed by atoms with van der Waals surface area (Å²) in [7, 11) is 0. The molecule has 1 aromatic carbocycles. The van der Waals surface area contributed by atoms with Crippen molar-refractivity contribution in [1.29, 1.82) is 0 Å². The summed E-state index contributed by atoms with van der Waals surface area (Å²) in [6, 6.07) is 5.15. The highest BCUT2D eigenvalue weighted by Crippen LogP contribution is 2.27. The Balaban J connectivity index is 1.92. The molecule has 1 fully saturated rings. The molecule has 3 rings (SSSR count). The maximum Gasteiger partial charge on any atom is 0.277 e. The van der Waals surface area contributed by atoms with Crippen LogP contribution in [0.5, 0.6) is 0 Å². The Morgan fingerprint density at radius 1 is 1.21 bits per heavy atom. The Morgan fingerprint density at radius 3 is 2.48 bits per heavy atom. The van der Waals surface area contributed by atoms with Crippen molar-refractivity contribution in [2.24, 2.45) is 11.8 Å². The number of carbonyl (C=O) groups excluding carboxylic acids is 2. The van der Waals surface area contributed by atoms with Gasteiger partial charge in [0.2, 0.25) is 5.91 Å². The monoisotopic (exact) mass is 401 g/mol. The van der Waals surface area contributed by atoms with Gasteiger partial charge < -0.3 is 14.7 Å². The molecule has 1 aliphatic heterocycles. The van der Waals surface area contributed by atoms with Gasteiger partial charge in [0.05, 0.1) is 5.56 Å². The van der Waals surface area contributed by atoms with Crippen molar-refractivity contribution in [3.8, 4) is 11.1 Å². The molecular weight excluding hydrogens is 373 g/mol. The number of nitrogens with zero attached hydrogens (tertiary/aromatic N) is 2. The zero-order valence-electron chi connectivity index (χ0n) is 17.3. The van der Waals surface area contributed by atoms with Gasteiger partial charge in [-0.1, -0.05) is 45.0 Å². The van der Waals surface area contributed by atoms with Crippen LogP contribution in [0, 0.1) is 17.7 Å². The third-order valence-corrected chi connectivity index (χ3v) is 5.08.